The second kappa shape index (κ2) is 6.30. The quantitative estimate of drug-likeness (QED) is 0.723. The van der Waals surface area contributed by atoms with Crippen LogP contribution in [-0.2, 0) is 4.79 Å². The molecule has 6 nitrogen and oxygen atoms in total. The number of hydrogen-bond donors (Lipinski definition) is 3. The summed E-state index contributed by atoms with van der Waals surface area (Å²) in [4.78, 5) is 11.7. The minimum atomic E-state index is -0.657. The molecule has 1 aliphatic rings. The van der Waals surface area contributed by atoms with E-state index < -0.39 is 11.9 Å². The van der Waals surface area contributed by atoms with Gasteiger partial charge in [0.15, 0.2) is 0 Å². The maximum Gasteiger partial charge on any atom is 0.240 e. The van der Waals surface area contributed by atoms with Crippen LogP contribution in [0.5, 0.6) is 5.75 Å². The molecule has 4 N–H and O–H groups in total. The first-order valence-corrected chi connectivity index (χ1v) is 7.69. The van der Waals surface area contributed by atoms with Crippen molar-refractivity contribution in [2.45, 2.75) is 31.8 Å². The number of rotatable bonds is 5. The number of amides is 1. The van der Waals surface area contributed by atoms with Gasteiger partial charge < -0.3 is 10.8 Å². The Balaban J connectivity index is 1.94. The summed E-state index contributed by atoms with van der Waals surface area (Å²) in [5, 5.41) is 21.6. The second-order valence-corrected chi connectivity index (χ2v) is 5.95. The number of carbonyl (C=O) groups excluding carboxylic acids is 1. The van der Waals surface area contributed by atoms with Crippen LogP contribution in [0.1, 0.15) is 35.7 Å². The molecule has 0 saturated heterocycles. The summed E-state index contributed by atoms with van der Waals surface area (Å²) in [6.45, 7) is 1.84. The topological polar surface area (TPSA) is 101 Å². The Morgan fingerprint density at radius 1 is 1.42 bits per heavy atom. The van der Waals surface area contributed by atoms with Gasteiger partial charge in [0.25, 0.3) is 0 Å². The minimum absolute atomic E-state index is 0.0400. The highest BCUT2D eigenvalue weighted by Gasteiger charge is 2.29. The van der Waals surface area contributed by atoms with Gasteiger partial charge in [-0.15, -0.1) is 11.5 Å². The molecular formula is C18H18N4O2. The number of aromatic hydroxyl groups is 1. The van der Waals surface area contributed by atoms with E-state index in [9.17, 15) is 9.90 Å². The summed E-state index contributed by atoms with van der Waals surface area (Å²) in [7, 11) is 0. The molecule has 2 aromatic rings. The Kier molecular flexibility index (Phi) is 4.19. The smallest absolute Gasteiger partial charge is 0.240 e. The number of aromatic nitrogens is 2. The van der Waals surface area contributed by atoms with Crippen molar-refractivity contribution in [2.75, 3.05) is 0 Å². The Hall–Kier alpha value is -2.91. The number of terminal acetylenes is 1. The molecule has 1 amide bonds. The van der Waals surface area contributed by atoms with E-state index in [2.05, 4.69) is 21.4 Å². The van der Waals surface area contributed by atoms with Crippen LogP contribution in [0.2, 0.25) is 0 Å². The zero-order valence-corrected chi connectivity index (χ0v) is 13.3. The monoisotopic (exact) mass is 322 g/mol. The largest absolute Gasteiger partial charge is 0.507 e. The van der Waals surface area contributed by atoms with Crippen LogP contribution in [0, 0.1) is 19.3 Å². The molecule has 1 fully saturated rings. The molecule has 6 heteroatoms. The van der Waals surface area contributed by atoms with Crippen LogP contribution in [0.3, 0.4) is 0 Å². The van der Waals surface area contributed by atoms with Crippen molar-refractivity contribution in [3.8, 4) is 29.4 Å². The second-order valence-electron chi connectivity index (χ2n) is 5.95. The van der Waals surface area contributed by atoms with Crippen molar-refractivity contribution < 1.29 is 9.90 Å². The SMILES string of the molecule is C#Cc1ccc(-c2nnc(C(NC3CC3)C(N)=O)cc2C)c(O)c1. The van der Waals surface area contributed by atoms with Gasteiger partial charge in [-0.2, -0.15) is 5.10 Å². The third kappa shape index (κ3) is 3.21. The third-order valence-electron chi connectivity index (χ3n) is 3.98. The van der Waals surface area contributed by atoms with Crippen LogP contribution in [0.25, 0.3) is 11.3 Å². The van der Waals surface area contributed by atoms with Gasteiger partial charge in [0, 0.05) is 17.2 Å². The molecule has 1 heterocycles. The number of nitrogens with one attached hydrogen (secondary N) is 1. The highest BCUT2D eigenvalue weighted by molar-refractivity contribution is 5.81. The van der Waals surface area contributed by atoms with E-state index in [0.29, 0.717) is 28.6 Å². The third-order valence-corrected chi connectivity index (χ3v) is 3.98. The molecule has 0 spiro atoms. The van der Waals surface area contributed by atoms with Gasteiger partial charge in [0.1, 0.15) is 11.8 Å². The fraction of sp³-hybridized carbons (Fsp3) is 0.278. The molecule has 24 heavy (non-hydrogen) atoms. The average molecular weight is 322 g/mol. The van der Waals surface area contributed by atoms with Crippen LogP contribution in [-0.4, -0.2) is 27.3 Å². The summed E-state index contributed by atoms with van der Waals surface area (Å²) in [5.41, 5.74) is 8.40. The first-order valence-electron chi connectivity index (χ1n) is 7.69. The van der Waals surface area contributed by atoms with Gasteiger partial charge >= 0.3 is 0 Å². The molecule has 0 bridgehead atoms. The maximum absolute atomic E-state index is 11.7. The fourth-order valence-electron chi connectivity index (χ4n) is 2.53. The number of aryl methyl sites for hydroxylation is 1. The van der Waals surface area contributed by atoms with Crippen molar-refractivity contribution in [2.24, 2.45) is 5.73 Å². The van der Waals surface area contributed by atoms with E-state index in [1.807, 2.05) is 6.92 Å². The first kappa shape index (κ1) is 16.0. The van der Waals surface area contributed by atoms with E-state index in [1.54, 1.807) is 18.2 Å². The Morgan fingerprint density at radius 2 is 2.17 bits per heavy atom. The van der Waals surface area contributed by atoms with Gasteiger partial charge in [0.05, 0.1) is 11.4 Å². The van der Waals surface area contributed by atoms with E-state index in [-0.39, 0.29) is 5.75 Å². The van der Waals surface area contributed by atoms with Crippen molar-refractivity contribution in [3.63, 3.8) is 0 Å². The lowest BCUT2D eigenvalue weighted by atomic mass is 10.0. The summed E-state index contributed by atoms with van der Waals surface area (Å²) >= 11 is 0. The number of carbonyl (C=O) groups is 1. The van der Waals surface area contributed by atoms with Crippen molar-refractivity contribution >= 4 is 5.91 Å². The lowest BCUT2D eigenvalue weighted by molar-refractivity contribution is -0.120. The Morgan fingerprint density at radius 3 is 2.71 bits per heavy atom. The minimum Gasteiger partial charge on any atom is -0.507 e. The fourth-order valence-corrected chi connectivity index (χ4v) is 2.53. The summed E-state index contributed by atoms with van der Waals surface area (Å²) < 4.78 is 0. The number of phenolic OH excluding ortho intramolecular Hbond substituents is 1. The molecule has 122 valence electrons. The van der Waals surface area contributed by atoms with Crippen molar-refractivity contribution in [1.82, 2.24) is 15.5 Å². The van der Waals surface area contributed by atoms with E-state index >= 15 is 0 Å². The van der Waals surface area contributed by atoms with Gasteiger partial charge in [-0.25, -0.2) is 0 Å². The first-order chi connectivity index (χ1) is 11.5. The standard InChI is InChI=1S/C18H18N4O2/c1-3-11-4-7-13(15(23)9-11)16-10(2)8-14(21-22-16)17(18(19)24)20-12-5-6-12/h1,4,7-9,12,17,20,23H,5-6H2,2H3,(H2,19,24). The Labute approximate surface area is 140 Å². The van der Waals surface area contributed by atoms with E-state index in [0.717, 1.165) is 18.4 Å². The number of primary amides is 1. The molecule has 1 saturated carbocycles. The van der Waals surface area contributed by atoms with E-state index in [4.69, 9.17) is 12.2 Å². The predicted molar refractivity (Wildman–Crippen MR) is 89.9 cm³/mol. The highest BCUT2D eigenvalue weighted by atomic mass is 16.3. The summed E-state index contributed by atoms with van der Waals surface area (Å²) in [6, 6.07) is 6.35. The van der Waals surface area contributed by atoms with Crippen LogP contribution in [0.4, 0.5) is 0 Å². The number of hydrogen-bond acceptors (Lipinski definition) is 5. The van der Waals surface area contributed by atoms with Gasteiger partial charge in [-0.05, 0) is 49.6 Å². The number of nitrogens with two attached hydrogens (primary N) is 1. The van der Waals surface area contributed by atoms with Crippen LogP contribution < -0.4 is 11.1 Å². The number of nitrogens with zero attached hydrogens (tertiary/aromatic N) is 2. The molecule has 1 atom stereocenters. The molecule has 0 aliphatic heterocycles. The van der Waals surface area contributed by atoms with Gasteiger partial charge in [-0.1, -0.05) is 5.92 Å². The van der Waals surface area contributed by atoms with Gasteiger partial charge in [0.2, 0.25) is 5.91 Å². The molecule has 1 aliphatic carbocycles. The highest BCUT2D eigenvalue weighted by Crippen LogP contribution is 2.31. The summed E-state index contributed by atoms with van der Waals surface area (Å²) in [5.74, 6) is 2.02. The van der Waals surface area contributed by atoms with Crippen molar-refractivity contribution in [3.05, 3.63) is 41.1 Å². The molecule has 0 radical (unpaired) electrons. The Bertz CT molecular complexity index is 837. The normalized spacial score (nSPS) is 14.8. The molecule has 1 aromatic carbocycles. The average Bonchev–Trinajstić information content (AvgIpc) is 3.37. The zero-order valence-electron chi connectivity index (χ0n) is 13.3. The number of benzene rings is 1. The number of phenols is 1. The van der Waals surface area contributed by atoms with Crippen molar-refractivity contribution in [1.29, 1.82) is 0 Å². The molecule has 1 aromatic heterocycles. The lowest BCUT2D eigenvalue weighted by Gasteiger charge is -2.15. The lowest BCUT2D eigenvalue weighted by Crippen LogP contribution is -2.35. The van der Waals surface area contributed by atoms with E-state index in [1.165, 1.54) is 6.07 Å². The zero-order chi connectivity index (χ0) is 17.3. The molecule has 3 rings (SSSR count). The summed E-state index contributed by atoms with van der Waals surface area (Å²) in [6.07, 6.45) is 7.39. The van der Waals surface area contributed by atoms with Crippen LogP contribution >= 0.6 is 0 Å². The van der Waals surface area contributed by atoms with Crippen LogP contribution in [0.15, 0.2) is 24.3 Å². The maximum atomic E-state index is 11.7. The van der Waals surface area contributed by atoms with Gasteiger partial charge in [-0.3, -0.25) is 10.1 Å². The predicted octanol–water partition coefficient (Wildman–Crippen LogP) is 1.42. The molecule has 1 unspecified atom stereocenters. The molecular weight excluding hydrogens is 304 g/mol.